The SMILES string of the molecule is CCC(C)C1C(=O)N(C)C(C)C(=O)NCCC(=O)OC(CC(C)C)C(=O)N2CCCC2C(=O)NC(C)(C(C)CC)C(=O)N1C. The van der Waals surface area contributed by atoms with Crippen LogP contribution in [0.2, 0.25) is 0 Å². The second-order valence-electron chi connectivity index (χ2n) is 13.2. The molecular weight excluding hydrogens is 566 g/mol. The molecule has 7 atom stereocenters. The van der Waals surface area contributed by atoms with Gasteiger partial charge in [-0.15, -0.1) is 0 Å². The van der Waals surface area contributed by atoms with Gasteiger partial charge in [-0.3, -0.25) is 28.8 Å². The summed E-state index contributed by atoms with van der Waals surface area (Å²) in [5.41, 5.74) is -1.39. The molecule has 2 fully saturated rings. The molecule has 0 aromatic carbocycles. The summed E-state index contributed by atoms with van der Waals surface area (Å²) in [4.78, 5) is 86.0. The van der Waals surface area contributed by atoms with Gasteiger partial charge in [0.1, 0.15) is 23.7 Å². The van der Waals surface area contributed by atoms with Crippen molar-refractivity contribution in [1.82, 2.24) is 25.3 Å². The third-order valence-corrected chi connectivity index (χ3v) is 9.61. The minimum atomic E-state index is -1.39. The Kier molecular flexibility index (Phi) is 13.2. The van der Waals surface area contributed by atoms with Gasteiger partial charge in [0, 0.05) is 27.2 Å². The van der Waals surface area contributed by atoms with E-state index in [1.807, 2.05) is 41.5 Å². The van der Waals surface area contributed by atoms with Crippen molar-refractivity contribution in [2.75, 3.05) is 27.2 Å². The van der Waals surface area contributed by atoms with Gasteiger partial charge in [0.15, 0.2) is 6.10 Å². The molecule has 2 heterocycles. The molecule has 5 amide bonds. The molecule has 2 aliphatic heterocycles. The first kappa shape index (κ1) is 37.0. The molecule has 0 bridgehead atoms. The van der Waals surface area contributed by atoms with Crippen molar-refractivity contribution in [3.63, 3.8) is 0 Å². The summed E-state index contributed by atoms with van der Waals surface area (Å²) >= 11 is 0. The lowest BCUT2D eigenvalue weighted by atomic mass is 9.82. The number of hydrogen-bond donors (Lipinski definition) is 2. The number of nitrogens with one attached hydrogen (secondary N) is 2. The van der Waals surface area contributed by atoms with E-state index in [0.717, 1.165) is 0 Å². The number of rotatable bonds is 6. The first-order chi connectivity index (χ1) is 20.5. The Labute approximate surface area is 263 Å². The van der Waals surface area contributed by atoms with Crippen LogP contribution in [0.25, 0.3) is 0 Å². The highest BCUT2D eigenvalue weighted by Gasteiger charge is 2.48. The molecule has 2 rings (SSSR count). The summed E-state index contributed by atoms with van der Waals surface area (Å²) in [6, 6.07) is -2.62. The van der Waals surface area contributed by atoms with E-state index in [2.05, 4.69) is 10.6 Å². The van der Waals surface area contributed by atoms with Gasteiger partial charge < -0.3 is 30.1 Å². The van der Waals surface area contributed by atoms with Crippen molar-refractivity contribution < 1.29 is 33.5 Å². The Morgan fingerprint density at radius 2 is 1.57 bits per heavy atom. The Balaban J connectivity index is 2.63. The zero-order valence-corrected chi connectivity index (χ0v) is 28.4. The average Bonchev–Trinajstić information content (AvgIpc) is 3.48. The molecule has 7 unspecified atom stereocenters. The Bertz CT molecular complexity index is 1080. The lowest BCUT2D eigenvalue weighted by Crippen LogP contribution is -2.66. The van der Waals surface area contributed by atoms with Crippen LogP contribution in [0.15, 0.2) is 0 Å². The molecule has 0 aromatic heterocycles. The first-order valence-corrected chi connectivity index (χ1v) is 16.1. The van der Waals surface area contributed by atoms with Crippen LogP contribution >= 0.6 is 0 Å². The normalized spacial score (nSPS) is 30.2. The molecule has 2 saturated heterocycles. The predicted molar refractivity (Wildman–Crippen MR) is 166 cm³/mol. The van der Waals surface area contributed by atoms with Gasteiger partial charge in [-0.2, -0.15) is 0 Å². The maximum absolute atomic E-state index is 14.4. The number of fused-ring (bicyclic) bond motifs is 1. The third kappa shape index (κ3) is 8.29. The topological polar surface area (TPSA) is 145 Å². The largest absolute Gasteiger partial charge is 0.452 e. The summed E-state index contributed by atoms with van der Waals surface area (Å²) in [6.07, 6.45) is 1.17. The fraction of sp³-hybridized carbons (Fsp3) is 0.812. The van der Waals surface area contributed by atoms with Gasteiger partial charge in [0.05, 0.1) is 6.42 Å². The molecule has 0 aliphatic carbocycles. The number of amides is 5. The maximum Gasteiger partial charge on any atom is 0.308 e. The molecule has 250 valence electrons. The lowest BCUT2D eigenvalue weighted by Gasteiger charge is -2.43. The second-order valence-corrected chi connectivity index (χ2v) is 13.2. The quantitative estimate of drug-likeness (QED) is 0.432. The summed E-state index contributed by atoms with van der Waals surface area (Å²) in [5.74, 6) is -3.38. The average molecular weight is 622 g/mol. The Morgan fingerprint density at radius 1 is 0.932 bits per heavy atom. The molecule has 0 saturated carbocycles. The molecular formula is C32H55N5O7. The minimum Gasteiger partial charge on any atom is -0.452 e. The predicted octanol–water partition coefficient (Wildman–Crippen LogP) is 2.10. The van der Waals surface area contributed by atoms with Crippen molar-refractivity contribution in [3.05, 3.63) is 0 Å². The van der Waals surface area contributed by atoms with Crippen molar-refractivity contribution in [1.29, 1.82) is 0 Å². The van der Waals surface area contributed by atoms with Gasteiger partial charge in [-0.25, -0.2) is 0 Å². The minimum absolute atomic E-state index is 0.0298. The fourth-order valence-electron chi connectivity index (χ4n) is 5.99. The van der Waals surface area contributed by atoms with Crippen molar-refractivity contribution in [3.8, 4) is 0 Å². The molecule has 2 aliphatic rings. The smallest absolute Gasteiger partial charge is 0.308 e. The summed E-state index contributed by atoms with van der Waals surface area (Å²) < 4.78 is 5.62. The zero-order valence-electron chi connectivity index (χ0n) is 28.4. The highest BCUT2D eigenvalue weighted by molar-refractivity contribution is 5.98. The lowest BCUT2D eigenvalue weighted by molar-refractivity contribution is -0.162. The van der Waals surface area contributed by atoms with E-state index in [9.17, 15) is 28.8 Å². The summed E-state index contributed by atoms with van der Waals surface area (Å²) in [7, 11) is 3.08. The van der Waals surface area contributed by atoms with E-state index < -0.39 is 65.3 Å². The van der Waals surface area contributed by atoms with E-state index >= 15 is 0 Å². The molecule has 0 spiro atoms. The number of nitrogens with zero attached hydrogens (tertiary/aromatic N) is 3. The van der Waals surface area contributed by atoms with Crippen LogP contribution in [0, 0.1) is 17.8 Å². The van der Waals surface area contributed by atoms with Gasteiger partial charge in [-0.1, -0.05) is 54.4 Å². The molecule has 0 aromatic rings. The van der Waals surface area contributed by atoms with Crippen LogP contribution in [0.5, 0.6) is 0 Å². The van der Waals surface area contributed by atoms with E-state index in [4.69, 9.17) is 4.74 Å². The Hall–Kier alpha value is -3.18. The van der Waals surface area contributed by atoms with E-state index in [1.165, 1.54) is 21.7 Å². The highest BCUT2D eigenvalue weighted by Crippen LogP contribution is 2.29. The van der Waals surface area contributed by atoms with E-state index in [1.54, 1.807) is 20.9 Å². The number of hydrogen-bond acceptors (Lipinski definition) is 7. The van der Waals surface area contributed by atoms with Gasteiger partial charge in [0.2, 0.25) is 23.6 Å². The summed E-state index contributed by atoms with van der Waals surface area (Å²) in [5, 5.41) is 5.68. The number of cyclic esters (lactones) is 1. The molecule has 44 heavy (non-hydrogen) atoms. The van der Waals surface area contributed by atoms with Crippen LogP contribution < -0.4 is 10.6 Å². The zero-order chi connectivity index (χ0) is 33.5. The van der Waals surface area contributed by atoms with Crippen LogP contribution in [0.1, 0.15) is 93.9 Å². The van der Waals surface area contributed by atoms with Crippen molar-refractivity contribution >= 4 is 35.5 Å². The van der Waals surface area contributed by atoms with Gasteiger partial charge >= 0.3 is 5.97 Å². The maximum atomic E-state index is 14.4. The molecule has 12 heteroatoms. The van der Waals surface area contributed by atoms with Crippen LogP contribution in [0.3, 0.4) is 0 Å². The van der Waals surface area contributed by atoms with E-state index in [0.29, 0.717) is 32.2 Å². The van der Waals surface area contributed by atoms with Gasteiger partial charge in [-0.05, 0) is 50.9 Å². The molecule has 12 nitrogen and oxygen atoms in total. The molecule has 2 N–H and O–H groups in total. The van der Waals surface area contributed by atoms with Crippen molar-refractivity contribution in [2.45, 2.75) is 124 Å². The van der Waals surface area contributed by atoms with Gasteiger partial charge in [0.25, 0.3) is 5.91 Å². The van der Waals surface area contributed by atoms with Crippen LogP contribution in [0.4, 0.5) is 0 Å². The van der Waals surface area contributed by atoms with Crippen molar-refractivity contribution in [2.24, 2.45) is 17.8 Å². The van der Waals surface area contributed by atoms with Crippen LogP contribution in [-0.4, -0.2) is 107 Å². The second kappa shape index (κ2) is 15.7. The number of carbonyl (C=O) groups excluding carboxylic acids is 6. The fourth-order valence-corrected chi connectivity index (χ4v) is 5.99. The van der Waals surface area contributed by atoms with E-state index in [-0.39, 0.29) is 37.1 Å². The molecule has 0 radical (unpaired) electrons. The Morgan fingerprint density at radius 3 is 2.14 bits per heavy atom. The number of carbonyl (C=O) groups is 6. The standard InChI is InChI=1S/C32H55N5O7/c1-11-20(5)26-30(42)35(9)22(7)27(39)33-16-15-25(38)44-24(18-19(3)4)29(41)37-17-13-14-23(37)28(40)34-32(8,21(6)12-2)31(43)36(26)10/h19-24,26H,11-18H2,1-10H3,(H,33,39)(H,34,40). The van der Waals surface area contributed by atoms with Crippen LogP contribution in [-0.2, 0) is 33.5 Å². The number of ether oxygens (including phenoxy) is 1. The third-order valence-electron chi connectivity index (χ3n) is 9.61. The number of likely N-dealkylation sites (N-methyl/N-ethyl adjacent to an activating group) is 2. The highest BCUT2D eigenvalue weighted by atomic mass is 16.5. The monoisotopic (exact) mass is 621 g/mol. The number of esters is 1. The first-order valence-electron chi connectivity index (χ1n) is 16.1. The summed E-state index contributed by atoms with van der Waals surface area (Å²) in [6.45, 7) is 14.9.